The van der Waals surface area contributed by atoms with Crippen LogP contribution in [0, 0.1) is 6.92 Å². The maximum atomic E-state index is 3.93. The number of nitrogens with one attached hydrogen (secondary N) is 1. The first-order valence-corrected chi connectivity index (χ1v) is 3.83. The van der Waals surface area contributed by atoms with E-state index in [1.807, 2.05) is 6.92 Å². The highest BCUT2D eigenvalue weighted by Crippen LogP contribution is 2.15. The number of H-pyrrole nitrogens is 1. The van der Waals surface area contributed by atoms with Crippen LogP contribution in [0.3, 0.4) is 0 Å². The Bertz CT molecular complexity index is 184. The van der Waals surface area contributed by atoms with Gasteiger partial charge in [0.05, 0.1) is 5.69 Å². The minimum absolute atomic E-state index is 0.988. The van der Waals surface area contributed by atoms with Gasteiger partial charge in [-0.15, -0.1) is 16.9 Å². The van der Waals surface area contributed by atoms with Gasteiger partial charge in [-0.05, 0) is 12.7 Å². The molecule has 3 nitrogen and oxygen atoms in total. The standard InChI is InChI=1S/C5H9N3S/c1-3-9-5-4(2)6-8-7-5/h3H2,1-2H3,(H,6,7,8). The Kier molecular flexibility index (Phi) is 2.10. The number of hydrogen-bond donors (Lipinski definition) is 1. The van der Waals surface area contributed by atoms with Crippen molar-refractivity contribution >= 4 is 11.8 Å². The van der Waals surface area contributed by atoms with Crippen LogP contribution in [0.2, 0.25) is 0 Å². The van der Waals surface area contributed by atoms with E-state index in [0.29, 0.717) is 0 Å². The minimum atomic E-state index is 0.988. The summed E-state index contributed by atoms with van der Waals surface area (Å²) in [6, 6.07) is 0. The molecule has 0 spiro atoms. The van der Waals surface area contributed by atoms with E-state index in [0.717, 1.165) is 16.5 Å². The van der Waals surface area contributed by atoms with Gasteiger partial charge in [0.15, 0.2) is 0 Å². The van der Waals surface area contributed by atoms with Gasteiger partial charge in [-0.1, -0.05) is 6.92 Å². The smallest absolute Gasteiger partial charge is 0.141 e. The third-order valence-corrected chi connectivity index (χ3v) is 1.91. The lowest BCUT2D eigenvalue weighted by atomic mass is 10.6. The molecule has 0 radical (unpaired) electrons. The molecule has 1 aromatic rings. The lowest BCUT2D eigenvalue weighted by Gasteiger charge is -1.88. The molecule has 0 bridgehead atoms. The van der Waals surface area contributed by atoms with E-state index in [4.69, 9.17) is 0 Å². The zero-order chi connectivity index (χ0) is 6.69. The molecule has 9 heavy (non-hydrogen) atoms. The van der Waals surface area contributed by atoms with Crippen molar-refractivity contribution < 1.29 is 0 Å². The molecular formula is C5H9N3S. The van der Waals surface area contributed by atoms with E-state index in [1.165, 1.54) is 0 Å². The molecule has 1 rings (SSSR count). The molecule has 4 heteroatoms. The van der Waals surface area contributed by atoms with Crippen LogP contribution in [0.15, 0.2) is 5.03 Å². The van der Waals surface area contributed by atoms with Crippen molar-refractivity contribution in [3.8, 4) is 0 Å². The molecule has 0 aliphatic heterocycles. The third-order valence-electron chi connectivity index (χ3n) is 0.960. The molecule has 0 unspecified atom stereocenters. The number of hydrogen-bond acceptors (Lipinski definition) is 3. The highest BCUT2D eigenvalue weighted by molar-refractivity contribution is 7.99. The van der Waals surface area contributed by atoms with Gasteiger partial charge in [0.2, 0.25) is 0 Å². The summed E-state index contributed by atoms with van der Waals surface area (Å²) in [5.41, 5.74) is 0.988. The Morgan fingerprint density at radius 3 is 2.78 bits per heavy atom. The second kappa shape index (κ2) is 2.87. The molecule has 0 saturated carbocycles. The maximum Gasteiger partial charge on any atom is 0.141 e. The summed E-state index contributed by atoms with van der Waals surface area (Å²) in [6.45, 7) is 4.04. The molecule has 50 valence electrons. The normalized spacial score (nSPS) is 10.0. The molecule has 1 heterocycles. The molecule has 0 aliphatic rings. The van der Waals surface area contributed by atoms with Crippen LogP contribution < -0.4 is 0 Å². The fourth-order valence-electron chi connectivity index (χ4n) is 0.548. The molecule has 0 amide bonds. The predicted octanol–water partition coefficient (Wildman–Crippen LogP) is 1.23. The maximum absolute atomic E-state index is 3.93. The Labute approximate surface area is 58.2 Å². The quantitative estimate of drug-likeness (QED) is 0.633. The van der Waals surface area contributed by atoms with Gasteiger partial charge in [0.1, 0.15) is 5.03 Å². The molecule has 0 atom stereocenters. The Morgan fingerprint density at radius 2 is 2.33 bits per heavy atom. The van der Waals surface area contributed by atoms with Crippen LogP contribution >= 0.6 is 11.8 Å². The van der Waals surface area contributed by atoms with Crippen molar-refractivity contribution in [1.82, 2.24) is 15.4 Å². The lowest BCUT2D eigenvalue weighted by Crippen LogP contribution is -1.75. The monoisotopic (exact) mass is 143 g/mol. The van der Waals surface area contributed by atoms with E-state index in [2.05, 4.69) is 22.3 Å². The predicted molar refractivity (Wildman–Crippen MR) is 37.5 cm³/mol. The highest BCUT2D eigenvalue weighted by Gasteiger charge is 1.99. The molecule has 0 aromatic carbocycles. The van der Waals surface area contributed by atoms with Gasteiger partial charge in [-0.3, -0.25) is 0 Å². The fraction of sp³-hybridized carbons (Fsp3) is 0.600. The Balaban J connectivity index is 2.69. The van der Waals surface area contributed by atoms with Crippen molar-refractivity contribution in [3.05, 3.63) is 5.69 Å². The summed E-state index contributed by atoms with van der Waals surface area (Å²) in [5, 5.41) is 11.4. The summed E-state index contributed by atoms with van der Waals surface area (Å²) < 4.78 is 0. The molecule has 1 aromatic heterocycles. The summed E-state index contributed by atoms with van der Waals surface area (Å²) in [5.74, 6) is 1.05. The van der Waals surface area contributed by atoms with E-state index in [-0.39, 0.29) is 0 Å². The second-order valence-electron chi connectivity index (χ2n) is 1.65. The van der Waals surface area contributed by atoms with E-state index in [9.17, 15) is 0 Å². The molecule has 0 fully saturated rings. The first kappa shape index (κ1) is 6.61. The second-order valence-corrected chi connectivity index (χ2v) is 2.90. The molecule has 0 saturated heterocycles. The van der Waals surface area contributed by atoms with Gasteiger partial charge >= 0.3 is 0 Å². The van der Waals surface area contributed by atoms with Crippen LogP contribution in [0.5, 0.6) is 0 Å². The van der Waals surface area contributed by atoms with Gasteiger partial charge in [-0.25, -0.2) is 0 Å². The Hall–Kier alpha value is -0.510. The van der Waals surface area contributed by atoms with E-state index >= 15 is 0 Å². The fourth-order valence-corrected chi connectivity index (χ4v) is 1.18. The van der Waals surface area contributed by atoms with Crippen molar-refractivity contribution in [1.29, 1.82) is 0 Å². The van der Waals surface area contributed by atoms with Gasteiger partial charge in [0.25, 0.3) is 0 Å². The summed E-state index contributed by atoms with van der Waals surface area (Å²) in [7, 11) is 0. The topological polar surface area (TPSA) is 41.6 Å². The van der Waals surface area contributed by atoms with Crippen molar-refractivity contribution in [2.75, 3.05) is 5.75 Å². The molecule has 0 aliphatic carbocycles. The average Bonchev–Trinajstić information content (AvgIpc) is 2.18. The van der Waals surface area contributed by atoms with Crippen LogP contribution in [0.4, 0.5) is 0 Å². The molecular weight excluding hydrogens is 134 g/mol. The van der Waals surface area contributed by atoms with E-state index in [1.54, 1.807) is 11.8 Å². The first-order valence-electron chi connectivity index (χ1n) is 2.84. The minimum Gasteiger partial charge on any atom is -0.197 e. The Morgan fingerprint density at radius 1 is 1.56 bits per heavy atom. The summed E-state index contributed by atoms with van der Waals surface area (Å²) in [4.78, 5) is 0. The summed E-state index contributed by atoms with van der Waals surface area (Å²) in [6.07, 6.45) is 0. The van der Waals surface area contributed by atoms with E-state index < -0.39 is 0 Å². The van der Waals surface area contributed by atoms with Crippen LogP contribution in [0.25, 0.3) is 0 Å². The number of aromatic nitrogens is 3. The summed E-state index contributed by atoms with van der Waals surface area (Å²) >= 11 is 1.70. The number of rotatable bonds is 2. The highest BCUT2D eigenvalue weighted by atomic mass is 32.2. The van der Waals surface area contributed by atoms with Crippen molar-refractivity contribution in [2.24, 2.45) is 0 Å². The lowest BCUT2D eigenvalue weighted by molar-refractivity contribution is 0.908. The van der Waals surface area contributed by atoms with Crippen LogP contribution in [-0.4, -0.2) is 21.2 Å². The zero-order valence-electron chi connectivity index (χ0n) is 5.51. The van der Waals surface area contributed by atoms with Gasteiger partial charge in [-0.2, -0.15) is 10.3 Å². The van der Waals surface area contributed by atoms with Gasteiger partial charge in [0, 0.05) is 0 Å². The average molecular weight is 143 g/mol. The number of nitrogens with zero attached hydrogens (tertiary/aromatic N) is 2. The first-order chi connectivity index (χ1) is 4.34. The largest absolute Gasteiger partial charge is 0.197 e. The van der Waals surface area contributed by atoms with Crippen molar-refractivity contribution in [2.45, 2.75) is 18.9 Å². The third kappa shape index (κ3) is 1.45. The van der Waals surface area contributed by atoms with Gasteiger partial charge < -0.3 is 0 Å². The van der Waals surface area contributed by atoms with Crippen LogP contribution in [0.1, 0.15) is 12.6 Å². The van der Waals surface area contributed by atoms with Crippen LogP contribution in [-0.2, 0) is 0 Å². The molecule has 1 N–H and O–H groups in total. The number of aromatic amines is 1. The zero-order valence-corrected chi connectivity index (χ0v) is 6.33. The SMILES string of the molecule is CCSc1n[nH]nc1C. The number of aryl methyl sites for hydroxylation is 1. The number of thioether (sulfide) groups is 1. The van der Waals surface area contributed by atoms with Crippen molar-refractivity contribution in [3.63, 3.8) is 0 Å².